The fraction of sp³-hybridized carbons (Fsp3) is 0.650. The standard InChI is InChI=1S/C20H31NO/c1-20(2,3)18-13-11-17(12-14-18)19(22)21-15-7-10-16-8-5-4-6-9-16/h4-6,8-9,17-18H,7,10-15H2,1-3H3,(H,21,22). The Morgan fingerprint density at radius 3 is 2.32 bits per heavy atom. The first kappa shape index (κ1) is 17.1. The molecule has 2 nitrogen and oxygen atoms in total. The van der Waals surface area contributed by atoms with Crippen molar-refractivity contribution in [2.24, 2.45) is 17.3 Å². The molecule has 0 spiro atoms. The number of benzene rings is 1. The van der Waals surface area contributed by atoms with Crippen LogP contribution in [0.5, 0.6) is 0 Å². The van der Waals surface area contributed by atoms with E-state index in [0.29, 0.717) is 5.41 Å². The van der Waals surface area contributed by atoms with Crippen LogP contribution in [0.4, 0.5) is 0 Å². The minimum absolute atomic E-state index is 0.246. The smallest absolute Gasteiger partial charge is 0.223 e. The van der Waals surface area contributed by atoms with Gasteiger partial charge in [0.25, 0.3) is 0 Å². The van der Waals surface area contributed by atoms with Crippen LogP contribution >= 0.6 is 0 Å². The maximum atomic E-state index is 12.3. The number of aryl methyl sites for hydroxylation is 1. The van der Waals surface area contributed by atoms with Gasteiger partial charge in [-0.1, -0.05) is 51.1 Å². The number of carbonyl (C=O) groups is 1. The Hall–Kier alpha value is -1.31. The molecule has 22 heavy (non-hydrogen) atoms. The monoisotopic (exact) mass is 301 g/mol. The van der Waals surface area contributed by atoms with Crippen LogP contribution in [0, 0.1) is 17.3 Å². The number of carbonyl (C=O) groups excluding carboxylic acids is 1. The van der Waals surface area contributed by atoms with Gasteiger partial charge in [-0.15, -0.1) is 0 Å². The molecule has 2 rings (SSSR count). The highest BCUT2D eigenvalue weighted by molar-refractivity contribution is 5.78. The summed E-state index contributed by atoms with van der Waals surface area (Å²) in [5.74, 6) is 1.30. The molecule has 1 aromatic carbocycles. The van der Waals surface area contributed by atoms with Crippen LogP contribution in [-0.4, -0.2) is 12.5 Å². The van der Waals surface area contributed by atoms with E-state index in [0.717, 1.165) is 38.1 Å². The van der Waals surface area contributed by atoms with Gasteiger partial charge in [-0.2, -0.15) is 0 Å². The van der Waals surface area contributed by atoms with Gasteiger partial charge >= 0.3 is 0 Å². The zero-order valence-corrected chi connectivity index (χ0v) is 14.4. The van der Waals surface area contributed by atoms with Crippen LogP contribution in [0.2, 0.25) is 0 Å². The molecule has 2 heteroatoms. The minimum Gasteiger partial charge on any atom is -0.356 e. The lowest BCUT2D eigenvalue weighted by Crippen LogP contribution is -2.35. The van der Waals surface area contributed by atoms with Gasteiger partial charge in [0.2, 0.25) is 5.91 Å². The fourth-order valence-electron chi connectivity index (χ4n) is 3.51. The summed E-state index contributed by atoms with van der Waals surface area (Å²) in [6.45, 7) is 7.76. The lowest BCUT2D eigenvalue weighted by atomic mass is 9.69. The van der Waals surface area contributed by atoms with Gasteiger partial charge in [0, 0.05) is 12.5 Å². The highest BCUT2D eigenvalue weighted by Gasteiger charge is 2.32. The Morgan fingerprint density at radius 2 is 1.73 bits per heavy atom. The average molecular weight is 301 g/mol. The second-order valence-corrected chi connectivity index (χ2v) is 7.79. The molecule has 0 atom stereocenters. The molecule has 1 fully saturated rings. The van der Waals surface area contributed by atoms with Crippen LogP contribution < -0.4 is 5.32 Å². The summed E-state index contributed by atoms with van der Waals surface area (Å²) in [5, 5.41) is 3.14. The van der Waals surface area contributed by atoms with Crippen LogP contribution in [0.1, 0.15) is 58.4 Å². The highest BCUT2D eigenvalue weighted by atomic mass is 16.1. The molecule has 0 radical (unpaired) electrons. The molecule has 0 aromatic heterocycles. The summed E-state index contributed by atoms with van der Waals surface area (Å²) < 4.78 is 0. The summed E-state index contributed by atoms with van der Waals surface area (Å²) in [6, 6.07) is 10.5. The number of rotatable bonds is 5. The van der Waals surface area contributed by atoms with Crippen molar-refractivity contribution >= 4 is 5.91 Å². The van der Waals surface area contributed by atoms with E-state index in [1.165, 1.54) is 18.4 Å². The van der Waals surface area contributed by atoms with E-state index in [-0.39, 0.29) is 11.8 Å². The summed E-state index contributed by atoms with van der Waals surface area (Å²) >= 11 is 0. The fourth-order valence-corrected chi connectivity index (χ4v) is 3.51. The van der Waals surface area contributed by atoms with E-state index in [1.807, 2.05) is 6.07 Å². The molecule has 1 saturated carbocycles. The van der Waals surface area contributed by atoms with Crippen LogP contribution in [0.15, 0.2) is 30.3 Å². The molecular weight excluding hydrogens is 270 g/mol. The largest absolute Gasteiger partial charge is 0.356 e. The number of nitrogens with one attached hydrogen (secondary N) is 1. The molecule has 0 aliphatic heterocycles. The van der Waals surface area contributed by atoms with Crippen molar-refractivity contribution in [1.29, 1.82) is 0 Å². The number of hydrogen-bond donors (Lipinski definition) is 1. The first-order valence-electron chi connectivity index (χ1n) is 8.78. The van der Waals surface area contributed by atoms with Gasteiger partial charge in [0.1, 0.15) is 0 Å². The van der Waals surface area contributed by atoms with Gasteiger partial charge in [0.15, 0.2) is 0 Å². The molecule has 0 unspecified atom stereocenters. The molecule has 1 aliphatic rings. The van der Waals surface area contributed by atoms with Gasteiger partial charge in [-0.25, -0.2) is 0 Å². The van der Waals surface area contributed by atoms with E-state index in [1.54, 1.807) is 0 Å². The zero-order valence-electron chi connectivity index (χ0n) is 14.4. The quantitative estimate of drug-likeness (QED) is 0.792. The Balaban J connectivity index is 1.64. The van der Waals surface area contributed by atoms with Crippen LogP contribution in [0.3, 0.4) is 0 Å². The molecule has 0 heterocycles. The third-order valence-electron chi connectivity index (χ3n) is 5.11. The van der Waals surface area contributed by atoms with Crippen molar-refractivity contribution in [2.45, 2.75) is 59.3 Å². The van der Waals surface area contributed by atoms with Crippen molar-refractivity contribution in [2.75, 3.05) is 6.54 Å². The Morgan fingerprint density at radius 1 is 1.09 bits per heavy atom. The van der Waals surface area contributed by atoms with Crippen molar-refractivity contribution < 1.29 is 4.79 Å². The lowest BCUT2D eigenvalue weighted by molar-refractivity contribution is -0.126. The number of amides is 1. The Kier molecular flexibility index (Phi) is 6.05. The third kappa shape index (κ3) is 5.15. The SMILES string of the molecule is CC(C)(C)C1CCC(C(=O)NCCCc2ccccc2)CC1. The molecule has 1 aliphatic carbocycles. The van der Waals surface area contributed by atoms with Gasteiger partial charge < -0.3 is 5.32 Å². The number of hydrogen-bond acceptors (Lipinski definition) is 1. The molecule has 0 saturated heterocycles. The van der Waals surface area contributed by atoms with E-state index < -0.39 is 0 Å². The van der Waals surface area contributed by atoms with Gasteiger partial charge in [-0.3, -0.25) is 4.79 Å². The second kappa shape index (κ2) is 7.80. The molecule has 1 N–H and O–H groups in total. The predicted molar refractivity (Wildman–Crippen MR) is 92.7 cm³/mol. The molecule has 0 bridgehead atoms. The van der Waals surface area contributed by atoms with Gasteiger partial charge in [-0.05, 0) is 55.4 Å². The van der Waals surface area contributed by atoms with Crippen molar-refractivity contribution in [3.05, 3.63) is 35.9 Å². The van der Waals surface area contributed by atoms with E-state index >= 15 is 0 Å². The van der Waals surface area contributed by atoms with E-state index in [4.69, 9.17) is 0 Å². The Bertz CT molecular complexity index is 452. The second-order valence-electron chi connectivity index (χ2n) is 7.79. The first-order valence-corrected chi connectivity index (χ1v) is 8.78. The lowest BCUT2D eigenvalue weighted by Gasteiger charge is -2.36. The molecular formula is C20H31NO. The summed E-state index contributed by atoms with van der Waals surface area (Å²) in [7, 11) is 0. The van der Waals surface area contributed by atoms with E-state index in [9.17, 15) is 4.79 Å². The van der Waals surface area contributed by atoms with Crippen molar-refractivity contribution in [3.63, 3.8) is 0 Å². The summed E-state index contributed by atoms with van der Waals surface area (Å²) in [4.78, 5) is 12.3. The van der Waals surface area contributed by atoms with Crippen LogP contribution in [-0.2, 0) is 11.2 Å². The van der Waals surface area contributed by atoms with Crippen molar-refractivity contribution in [3.8, 4) is 0 Å². The molecule has 122 valence electrons. The average Bonchev–Trinajstić information content (AvgIpc) is 2.52. The highest BCUT2D eigenvalue weighted by Crippen LogP contribution is 2.39. The predicted octanol–water partition coefficient (Wildman–Crippen LogP) is 4.59. The van der Waals surface area contributed by atoms with Crippen molar-refractivity contribution in [1.82, 2.24) is 5.32 Å². The van der Waals surface area contributed by atoms with E-state index in [2.05, 4.69) is 50.4 Å². The molecule has 1 amide bonds. The maximum absolute atomic E-state index is 12.3. The normalized spacial score (nSPS) is 22.3. The first-order chi connectivity index (χ1) is 10.5. The third-order valence-corrected chi connectivity index (χ3v) is 5.11. The topological polar surface area (TPSA) is 29.1 Å². The zero-order chi connectivity index (χ0) is 16.0. The van der Waals surface area contributed by atoms with Gasteiger partial charge in [0.05, 0.1) is 0 Å². The summed E-state index contributed by atoms with van der Waals surface area (Å²) in [5.41, 5.74) is 1.74. The Labute approximate surface area is 135 Å². The van der Waals surface area contributed by atoms with Crippen LogP contribution in [0.25, 0.3) is 0 Å². The maximum Gasteiger partial charge on any atom is 0.223 e. The molecule has 1 aromatic rings. The summed E-state index contributed by atoms with van der Waals surface area (Å²) in [6.07, 6.45) is 6.58. The minimum atomic E-state index is 0.246.